The summed E-state index contributed by atoms with van der Waals surface area (Å²) in [5, 5.41) is 12.2. The van der Waals surface area contributed by atoms with E-state index in [1.54, 1.807) is 12.4 Å². The van der Waals surface area contributed by atoms with Crippen molar-refractivity contribution in [3.63, 3.8) is 0 Å². The van der Waals surface area contributed by atoms with E-state index in [9.17, 15) is 5.11 Å². The number of halogens is 3. The molecular weight excluding hydrogens is 593 g/mol. The molecule has 2 aromatic heterocycles. The fraction of sp³-hybridized carbons (Fsp3) is 0.258. The topological polar surface area (TPSA) is 73.6 Å². The van der Waals surface area contributed by atoms with Gasteiger partial charge >= 0.3 is 0 Å². The van der Waals surface area contributed by atoms with Crippen LogP contribution in [0.3, 0.4) is 0 Å². The van der Waals surface area contributed by atoms with Crippen LogP contribution in [0.1, 0.15) is 0 Å². The van der Waals surface area contributed by atoms with Crippen molar-refractivity contribution in [2.45, 2.75) is 6.10 Å². The second-order valence-electron chi connectivity index (χ2n) is 10.2. The van der Waals surface area contributed by atoms with Crippen LogP contribution in [-0.2, 0) is 0 Å². The summed E-state index contributed by atoms with van der Waals surface area (Å²) in [7, 11) is 1.94. The molecule has 0 saturated carbocycles. The maximum Gasteiger partial charge on any atom is 0.170 e. The van der Waals surface area contributed by atoms with Crippen molar-refractivity contribution in [3.8, 4) is 17.1 Å². The van der Waals surface area contributed by atoms with Gasteiger partial charge in [-0.15, -0.1) is 12.4 Å². The van der Waals surface area contributed by atoms with E-state index >= 15 is 0 Å². The highest BCUT2D eigenvalue weighted by atomic mass is 35.5. The van der Waals surface area contributed by atoms with Crippen molar-refractivity contribution in [2.24, 2.45) is 0 Å². The van der Waals surface area contributed by atoms with E-state index in [2.05, 4.69) is 24.3 Å². The van der Waals surface area contributed by atoms with Gasteiger partial charge in [-0.3, -0.25) is 9.47 Å². The van der Waals surface area contributed by atoms with Gasteiger partial charge in [0.05, 0.1) is 21.8 Å². The second kappa shape index (κ2) is 13.3. The molecular formula is C31H32Cl3N7O. The molecule has 0 bridgehead atoms. The number of aliphatic hydroxyl groups excluding tert-OH is 1. The Balaban J connectivity index is 0.00000353. The third-order valence-electron chi connectivity index (χ3n) is 7.43. The molecule has 11 heteroatoms. The van der Waals surface area contributed by atoms with Crippen LogP contribution in [0.25, 0.3) is 28.2 Å². The molecule has 1 fully saturated rings. The van der Waals surface area contributed by atoms with Gasteiger partial charge in [0.1, 0.15) is 12.2 Å². The van der Waals surface area contributed by atoms with Gasteiger partial charge in [-0.2, -0.15) is 0 Å². The molecule has 3 aromatic carbocycles. The van der Waals surface area contributed by atoms with Gasteiger partial charge in [0.2, 0.25) is 0 Å². The number of piperazine rings is 1. The molecule has 0 spiro atoms. The Morgan fingerprint density at radius 2 is 1.57 bits per heavy atom. The number of aliphatic hydroxyl groups is 1. The highest BCUT2D eigenvalue weighted by Crippen LogP contribution is 2.33. The minimum Gasteiger partial charge on any atom is -0.390 e. The Labute approximate surface area is 261 Å². The molecule has 1 unspecified atom stereocenters. The first-order chi connectivity index (χ1) is 20.0. The first-order valence-corrected chi connectivity index (χ1v) is 14.4. The van der Waals surface area contributed by atoms with Crippen LogP contribution in [-0.4, -0.2) is 81.9 Å². The molecule has 1 atom stereocenters. The van der Waals surface area contributed by atoms with E-state index in [4.69, 9.17) is 28.2 Å². The molecule has 1 N–H and O–H groups in total. The molecule has 5 aromatic rings. The lowest BCUT2D eigenvalue weighted by Crippen LogP contribution is -2.50. The fourth-order valence-electron chi connectivity index (χ4n) is 5.43. The number of rotatable bonds is 8. The smallest absolute Gasteiger partial charge is 0.170 e. The number of anilines is 2. The highest BCUT2D eigenvalue weighted by molar-refractivity contribution is 6.43. The highest BCUT2D eigenvalue weighted by Gasteiger charge is 2.24. The summed E-state index contributed by atoms with van der Waals surface area (Å²) >= 11 is 12.7. The molecule has 1 saturated heterocycles. The Hall–Kier alpha value is -3.40. The normalized spacial score (nSPS) is 14.5. The van der Waals surface area contributed by atoms with Crippen LogP contribution < -0.4 is 9.80 Å². The Morgan fingerprint density at radius 1 is 0.881 bits per heavy atom. The van der Waals surface area contributed by atoms with Crippen molar-refractivity contribution >= 4 is 58.3 Å². The summed E-state index contributed by atoms with van der Waals surface area (Å²) in [6, 6.07) is 25.9. The molecule has 1 aliphatic heterocycles. The Kier molecular flexibility index (Phi) is 9.50. The Bertz CT molecular complexity index is 1630. The predicted octanol–water partition coefficient (Wildman–Crippen LogP) is 5.83. The number of benzene rings is 3. The minimum atomic E-state index is -0.573. The number of imidazole rings is 1. The van der Waals surface area contributed by atoms with Crippen LogP contribution in [0, 0.1) is 0 Å². The summed E-state index contributed by atoms with van der Waals surface area (Å²) in [5.41, 5.74) is 4.33. The van der Waals surface area contributed by atoms with Gasteiger partial charge < -0.3 is 14.9 Å². The summed E-state index contributed by atoms with van der Waals surface area (Å²) < 4.78 is 2.06. The molecule has 8 nitrogen and oxygen atoms in total. The molecule has 0 radical (unpaired) electrons. The zero-order valence-electron chi connectivity index (χ0n) is 23.1. The van der Waals surface area contributed by atoms with Gasteiger partial charge in [0, 0.05) is 57.6 Å². The van der Waals surface area contributed by atoms with Crippen LogP contribution in [0.4, 0.5) is 11.5 Å². The lowest BCUT2D eigenvalue weighted by molar-refractivity contribution is 0.114. The average Bonchev–Trinajstić information content (AvgIpc) is 3.40. The van der Waals surface area contributed by atoms with E-state index in [1.165, 1.54) is 0 Å². The van der Waals surface area contributed by atoms with Gasteiger partial charge in [0.15, 0.2) is 17.0 Å². The summed E-state index contributed by atoms with van der Waals surface area (Å²) in [6.45, 7) is 4.24. The van der Waals surface area contributed by atoms with Crippen molar-refractivity contribution in [3.05, 3.63) is 95.2 Å². The molecule has 6 rings (SSSR count). The first-order valence-electron chi connectivity index (χ1n) is 13.6. The van der Waals surface area contributed by atoms with Crippen molar-refractivity contribution in [1.82, 2.24) is 24.4 Å². The summed E-state index contributed by atoms with van der Waals surface area (Å²) in [5.74, 6) is 1.47. The third-order valence-corrected chi connectivity index (χ3v) is 8.24. The average molecular weight is 625 g/mol. The van der Waals surface area contributed by atoms with E-state index in [-0.39, 0.29) is 12.4 Å². The van der Waals surface area contributed by atoms with Gasteiger partial charge in [-0.25, -0.2) is 15.0 Å². The van der Waals surface area contributed by atoms with E-state index in [1.807, 2.05) is 84.7 Å². The van der Waals surface area contributed by atoms with Crippen molar-refractivity contribution in [2.75, 3.05) is 56.1 Å². The minimum absolute atomic E-state index is 0. The third kappa shape index (κ3) is 6.19. The maximum atomic E-state index is 11.1. The quantitative estimate of drug-likeness (QED) is 0.233. The summed E-state index contributed by atoms with van der Waals surface area (Å²) in [4.78, 5) is 20.7. The first kappa shape index (κ1) is 30.1. The number of β-amino-alcohol motifs (C(OH)–C–C–N with tert-alkyl or cyclic N) is 1. The van der Waals surface area contributed by atoms with E-state index in [0.717, 1.165) is 54.6 Å². The standard InChI is InChI=1S/C31H31Cl2N7O.ClH/c1-37(19-24(41)20-38-15-17-39(18-16-38)26-14-8-13-25(32)27(26)33)30-28-31(35-21-34-30)40(23-11-6-3-7-12-23)29(36-28)22-9-4-2-5-10-22;/h2-14,21,24,41H,15-20H2,1H3;1H. The van der Waals surface area contributed by atoms with Crippen LogP contribution in [0.5, 0.6) is 0 Å². The lowest BCUT2D eigenvalue weighted by atomic mass is 10.2. The number of aromatic nitrogens is 4. The molecule has 0 amide bonds. The SMILES string of the molecule is CN(CC(O)CN1CCN(c2cccc(Cl)c2Cl)CC1)c1ncnc2c1nc(-c1ccccc1)n2-c1ccccc1.Cl. The monoisotopic (exact) mass is 623 g/mol. The fourth-order valence-corrected chi connectivity index (χ4v) is 5.84. The number of nitrogens with zero attached hydrogens (tertiary/aromatic N) is 7. The maximum absolute atomic E-state index is 11.1. The summed E-state index contributed by atoms with van der Waals surface area (Å²) in [6.07, 6.45) is 0.993. The zero-order valence-corrected chi connectivity index (χ0v) is 25.5. The second-order valence-corrected chi connectivity index (χ2v) is 11.0. The van der Waals surface area contributed by atoms with Crippen LogP contribution in [0.2, 0.25) is 10.0 Å². The zero-order chi connectivity index (χ0) is 28.3. The van der Waals surface area contributed by atoms with Gasteiger partial charge in [0.25, 0.3) is 0 Å². The van der Waals surface area contributed by atoms with Gasteiger partial charge in [-0.1, -0.05) is 77.8 Å². The lowest BCUT2D eigenvalue weighted by Gasteiger charge is -2.37. The number of likely N-dealkylation sites (N-methyl/N-ethyl adjacent to an activating group) is 1. The molecule has 218 valence electrons. The van der Waals surface area contributed by atoms with Crippen molar-refractivity contribution in [1.29, 1.82) is 0 Å². The Morgan fingerprint density at radius 3 is 2.29 bits per heavy atom. The number of hydrogen-bond acceptors (Lipinski definition) is 7. The van der Waals surface area contributed by atoms with Gasteiger partial charge in [-0.05, 0) is 24.3 Å². The molecule has 0 aliphatic carbocycles. The predicted molar refractivity (Wildman–Crippen MR) is 174 cm³/mol. The number of fused-ring (bicyclic) bond motifs is 1. The molecule has 3 heterocycles. The van der Waals surface area contributed by atoms with E-state index < -0.39 is 6.10 Å². The number of hydrogen-bond donors (Lipinski definition) is 1. The molecule has 42 heavy (non-hydrogen) atoms. The largest absolute Gasteiger partial charge is 0.390 e. The number of para-hydroxylation sites is 1. The van der Waals surface area contributed by atoms with Crippen LogP contribution >= 0.6 is 35.6 Å². The van der Waals surface area contributed by atoms with Crippen LogP contribution in [0.15, 0.2) is 85.2 Å². The van der Waals surface area contributed by atoms with E-state index in [0.29, 0.717) is 34.5 Å². The molecule has 1 aliphatic rings. The van der Waals surface area contributed by atoms with Crippen molar-refractivity contribution < 1.29 is 5.11 Å².